The van der Waals surface area contributed by atoms with Gasteiger partial charge in [-0.15, -0.1) is 0 Å². The third-order valence-corrected chi connectivity index (χ3v) is 4.56. The summed E-state index contributed by atoms with van der Waals surface area (Å²) >= 11 is 0. The van der Waals surface area contributed by atoms with E-state index in [1.165, 1.54) is 12.4 Å². The largest absolute Gasteiger partial charge is 0.390 e. The number of hydrogen-bond donors (Lipinski definition) is 2. The first kappa shape index (κ1) is 16.2. The molecule has 0 bridgehead atoms. The summed E-state index contributed by atoms with van der Waals surface area (Å²) in [5, 5.41) is 17.0. The SMILES string of the molecule is O=C(NC1c2ccccc2CC1O)C(=O)c1cnn(-c2ccccc2)c1. The van der Waals surface area contributed by atoms with E-state index in [1.807, 2.05) is 54.6 Å². The van der Waals surface area contributed by atoms with E-state index < -0.39 is 23.8 Å². The minimum absolute atomic E-state index is 0.201. The lowest BCUT2D eigenvalue weighted by Gasteiger charge is -2.17. The van der Waals surface area contributed by atoms with E-state index in [1.54, 1.807) is 4.68 Å². The molecule has 6 nitrogen and oxygen atoms in total. The fourth-order valence-electron chi connectivity index (χ4n) is 3.25. The number of nitrogens with one attached hydrogen (secondary N) is 1. The fraction of sp³-hybridized carbons (Fsp3) is 0.150. The van der Waals surface area contributed by atoms with Gasteiger partial charge in [-0.3, -0.25) is 9.59 Å². The Hall–Kier alpha value is -3.25. The number of fused-ring (bicyclic) bond motifs is 1. The Labute approximate surface area is 150 Å². The van der Waals surface area contributed by atoms with Crippen molar-refractivity contribution in [3.63, 3.8) is 0 Å². The molecule has 2 unspecified atom stereocenters. The van der Waals surface area contributed by atoms with Crippen LogP contribution in [0.1, 0.15) is 27.5 Å². The van der Waals surface area contributed by atoms with E-state index in [9.17, 15) is 14.7 Å². The number of carbonyl (C=O) groups is 2. The molecule has 2 aromatic carbocycles. The highest BCUT2D eigenvalue weighted by atomic mass is 16.3. The molecular formula is C20H17N3O3. The maximum atomic E-state index is 12.4. The van der Waals surface area contributed by atoms with Crippen LogP contribution in [-0.2, 0) is 11.2 Å². The number of rotatable bonds is 4. The van der Waals surface area contributed by atoms with Gasteiger partial charge in [-0.05, 0) is 23.3 Å². The maximum Gasteiger partial charge on any atom is 0.293 e. The predicted octanol–water partition coefficient (Wildman–Crippen LogP) is 1.83. The van der Waals surface area contributed by atoms with Crippen LogP contribution < -0.4 is 5.32 Å². The summed E-state index contributed by atoms with van der Waals surface area (Å²) in [5.74, 6) is -1.43. The number of para-hydroxylation sites is 1. The molecule has 0 radical (unpaired) electrons. The van der Waals surface area contributed by atoms with Crippen LogP contribution >= 0.6 is 0 Å². The third kappa shape index (κ3) is 2.91. The summed E-state index contributed by atoms with van der Waals surface area (Å²) < 4.78 is 1.54. The van der Waals surface area contributed by atoms with Crippen LogP contribution in [0.5, 0.6) is 0 Å². The van der Waals surface area contributed by atoms with Gasteiger partial charge in [0.05, 0.1) is 29.6 Å². The number of hydrogen-bond acceptors (Lipinski definition) is 4. The average Bonchev–Trinajstić information content (AvgIpc) is 3.27. The molecule has 2 N–H and O–H groups in total. The second kappa shape index (κ2) is 6.57. The molecular weight excluding hydrogens is 330 g/mol. The van der Waals surface area contributed by atoms with Crippen molar-refractivity contribution in [2.45, 2.75) is 18.6 Å². The second-order valence-electron chi connectivity index (χ2n) is 6.26. The zero-order valence-corrected chi connectivity index (χ0v) is 13.9. The van der Waals surface area contributed by atoms with Crippen LogP contribution in [0.15, 0.2) is 67.0 Å². The lowest BCUT2D eigenvalue weighted by Crippen LogP contribution is -2.38. The Balaban J connectivity index is 1.51. The highest BCUT2D eigenvalue weighted by molar-refractivity contribution is 6.42. The van der Waals surface area contributed by atoms with E-state index in [-0.39, 0.29) is 5.56 Å². The van der Waals surface area contributed by atoms with Crippen LogP contribution in [-0.4, -0.2) is 32.7 Å². The summed E-state index contributed by atoms with van der Waals surface area (Å²) in [4.78, 5) is 24.8. The zero-order chi connectivity index (χ0) is 18.1. The van der Waals surface area contributed by atoms with Gasteiger partial charge in [0, 0.05) is 12.6 Å². The standard InChI is InChI=1S/C20H17N3O3/c24-17-10-13-6-4-5-9-16(13)18(17)22-20(26)19(25)14-11-21-23(12-14)15-7-2-1-3-8-15/h1-9,11-12,17-18,24H,10H2,(H,22,26). The van der Waals surface area contributed by atoms with Crippen molar-refractivity contribution in [3.8, 4) is 5.69 Å². The fourth-order valence-corrected chi connectivity index (χ4v) is 3.25. The average molecular weight is 347 g/mol. The van der Waals surface area contributed by atoms with Crippen LogP contribution in [0.2, 0.25) is 0 Å². The molecule has 2 atom stereocenters. The van der Waals surface area contributed by atoms with Gasteiger partial charge in [-0.2, -0.15) is 5.10 Å². The number of carbonyl (C=O) groups excluding carboxylic acids is 2. The van der Waals surface area contributed by atoms with E-state index in [2.05, 4.69) is 10.4 Å². The number of aliphatic hydroxyl groups excluding tert-OH is 1. The highest BCUT2D eigenvalue weighted by Crippen LogP contribution is 2.31. The van der Waals surface area contributed by atoms with E-state index in [0.29, 0.717) is 6.42 Å². The van der Waals surface area contributed by atoms with E-state index in [4.69, 9.17) is 0 Å². The molecule has 1 amide bonds. The predicted molar refractivity (Wildman–Crippen MR) is 94.9 cm³/mol. The van der Waals surface area contributed by atoms with E-state index >= 15 is 0 Å². The Morgan fingerprint density at radius 3 is 2.62 bits per heavy atom. The Kier molecular flexibility index (Phi) is 4.10. The Morgan fingerprint density at radius 1 is 1.08 bits per heavy atom. The van der Waals surface area contributed by atoms with Gasteiger partial charge in [-0.1, -0.05) is 42.5 Å². The molecule has 0 saturated carbocycles. The first-order chi connectivity index (χ1) is 12.6. The van der Waals surface area contributed by atoms with Crippen LogP contribution in [0.3, 0.4) is 0 Å². The molecule has 4 rings (SSSR count). The van der Waals surface area contributed by atoms with Gasteiger partial charge in [0.2, 0.25) is 0 Å². The van der Waals surface area contributed by atoms with Gasteiger partial charge in [-0.25, -0.2) is 4.68 Å². The van der Waals surface area contributed by atoms with Crippen LogP contribution in [0, 0.1) is 0 Å². The van der Waals surface area contributed by atoms with Crippen molar-refractivity contribution in [1.29, 1.82) is 0 Å². The third-order valence-electron chi connectivity index (χ3n) is 4.56. The van der Waals surface area contributed by atoms with Crippen molar-refractivity contribution >= 4 is 11.7 Å². The molecule has 0 spiro atoms. The molecule has 0 fully saturated rings. The minimum atomic E-state index is -0.752. The molecule has 3 aromatic rings. The summed E-state index contributed by atoms with van der Waals surface area (Å²) in [6.07, 6.45) is 2.61. The molecule has 1 heterocycles. The molecule has 6 heteroatoms. The maximum absolute atomic E-state index is 12.4. The Morgan fingerprint density at radius 2 is 1.81 bits per heavy atom. The highest BCUT2D eigenvalue weighted by Gasteiger charge is 2.33. The van der Waals surface area contributed by atoms with Gasteiger partial charge in [0.1, 0.15) is 0 Å². The first-order valence-electron chi connectivity index (χ1n) is 8.34. The molecule has 0 saturated heterocycles. The van der Waals surface area contributed by atoms with Crippen molar-refractivity contribution in [1.82, 2.24) is 15.1 Å². The lowest BCUT2D eigenvalue weighted by atomic mass is 10.1. The van der Waals surface area contributed by atoms with Gasteiger partial charge < -0.3 is 10.4 Å². The van der Waals surface area contributed by atoms with Crippen LogP contribution in [0.25, 0.3) is 5.69 Å². The number of aliphatic hydroxyl groups is 1. The molecule has 130 valence electrons. The smallest absolute Gasteiger partial charge is 0.293 e. The first-order valence-corrected chi connectivity index (χ1v) is 8.34. The molecule has 1 aliphatic carbocycles. The van der Waals surface area contributed by atoms with Crippen molar-refractivity contribution < 1.29 is 14.7 Å². The van der Waals surface area contributed by atoms with Gasteiger partial charge in [0.25, 0.3) is 11.7 Å². The normalized spacial score (nSPS) is 18.3. The number of ketones is 1. The summed E-state index contributed by atoms with van der Waals surface area (Å²) in [6.45, 7) is 0. The zero-order valence-electron chi connectivity index (χ0n) is 13.9. The number of nitrogens with zero attached hydrogens (tertiary/aromatic N) is 2. The monoisotopic (exact) mass is 347 g/mol. The molecule has 1 aromatic heterocycles. The Bertz CT molecular complexity index is 965. The molecule has 0 aliphatic heterocycles. The number of aromatic nitrogens is 2. The molecule has 26 heavy (non-hydrogen) atoms. The molecule has 1 aliphatic rings. The number of Topliss-reactive ketones (excluding diaryl/α,β-unsaturated/α-hetero) is 1. The second-order valence-corrected chi connectivity index (χ2v) is 6.26. The van der Waals surface area contributed by atoms with Gasteiger partial charge >= 0.3 is 0 Å². The number of amides is 1. The quantitative estimate of drug-likeness (QED) is 0.557. The topological polar surface area (TPSA) is 84.2 Å². The van der Waals surface area contributed by atoms with Crippen molar-refractivity contribution in [3.05, 3.63) is 83.7 Å². The summed E-state index contributed by atoms with van der Waals surface area (Å²) in [6, 6.07) is 16.3. The van der Waals surface area contributed by atoms with Crippen molar-refractivity contribution in [2.75, 3.05) is 0 Å². The summed E-state index contributed by atoms with van der Waals surface area (Å²) in [7, 11) is 0. The van der Waals surface area contributed by atoms with Gasteiger partial charge in [0.15, 0.2) is 0 Å². The lowest BCUT2D eigenvalue weighted by molar-refractivity contribution is -0.118. The summed E-state index contributed by atoms with van der Waals surface area (Å²) in [5.41, 5.74) is 2.83. The van der Waals surface area contributed by atoms with E-state index in [0.717, 1.165) is 16.8 Å². The van der Waals surface area contributed by atoms with Crippen LogP contribution in [0.4, 0.5) is 0 Å². The minimum Gasteiger partial charge on any atom is -0.390 e. The number of benzene rings is 2. The van der Waals surface area contributed by atoms with Crippen molar-refractivity contribution in [2.24, 2.45) is 0 Å².